The number of nitrogen functional groups attached to an aromatic ring is 1. The van der Waals surface area contributed by atoms with Gasteiger partial charge in [0.05, 0.1) is 23.1 Å². The van der Waals surface area contributed by atoms with Crippen LogP contribution < -0.4 is 5.73 Å². The van der Waals surface area contributed by atoms with Crippen LogP contribution >= 0.6 is 11.6 Å². The molecule has 84 valence electrons. The van der Waals surface area contributed by atoms with E-state index in [0.717, 1.165) is 16.6 Å². The van der Waals surface area contributed by atoms with Crippen molar-refractivity contribution in [3.8, 4) is 5.69 Å². The highest BCUT2D eigenvalue weighted by Crippen LogP contribution is 2.24. The van der Waals surface area contributed by atoms with Crippen LogP contribution in [0.1, 0.15) is 0 Å². The zero-order valence-corrected chi connectivity index (χ0v) is 9.72. The molecule has 0 spiro atoms. The summed E-state index contributed by atoms with van der Waals surface area (Å²) in [4.78, 5) is 0. The summed E-state index contributed by atoms with van der Waals surface area (Å²) < 4.78 is 1.82. The predicted octanol–water partition coefficient (Wildman–Crippen LogP) is 3.26. The molecule has 0 saturated carbocycles. The van der Waals surface area contributed by atoms with Crippen LogP contribution in [0, 0.1) is 0 Å². The summed E-state index contributed by atoms with van der Waals surface area (Å²) in [5.74, 6) is 0. The molecule has 0 aliphatic rings. The van der Waals surface area contributed by atoms with Crippen molar-refractivity contribution in [2.75, 3.05) is 5.73 Å². The number of aromatic nitrogens is 2. The molecule has 0 radical (unpaired) electrons. The Bertz CT molecular complexity index is 688. The van der Waals surface area contributed by atoms with E-state index in [4.69, 9.17) is 17.3 Å². The average molecular weight is 244 g/mol. The summed E-state index contributed by atoms with van der Waals surface area (Å²) in [5.41, 5.74) is 8.45. The third-order valence-corrected chi connectivity index (χ3v) is 2.93. The van der Waals surface area contributed by atoms with Gasteiger partial charge in [-0.3, -0.25) is 0 Å². The molecule has 2 N–H and O–H groups in total. The molecule has 0 aliphatic carbocycles. The Hall–Kier alpha value is -2.00. The summed E-state index contributed by atoms with van der Waals surface area (Å²) in [6, 6.07) is 13.4. The maximum absolute atomic E-state index is 5.96. The van der Waals surface area contributed by atoms with E-state index < -0.39 is 0 Å². The summed E-state index contributed by atoms with van der Waals surface area (Å²) in [6.45, 7) is 0. The van der Waals surface area contributed by atoms with Crippen molar-refractivity contribution in [1.82, 2.24) is 9.78 Å². The van der Waals surface area contributed by atoms with Gasteiger partial charge in [-0.2, -0.15) is 5.10 Å². The van der Waals surface area contributed by atoms with E-state index in [-0.39, 0.29) is 0 Å². The first kappa shape index (κ1) is 10.2. The molecule has 0 saturated heterocycles. The van der Waals surface area contributed by atoms with Crippen LogP contribution in [-0.2, 0) is 0 Å². The molecule has 3 nitrogen and oxygen atoms in total. The molecule has 0 amide bonds. The standard InChI is InChI=1S/C13H10ClN3/c14-10-5-6-13(11(15)7-10)17-12-4-2-1-3-9(12)8-16-17/h1-8H,15H2. The molecular formula is C13H10ClN3. The first-order valence-corrected chi connectivity index (χ1v) is 5.62. The fourth-order valence-electron chi connectivity index (χ4n) is 1.88. The van der Waals surface area contributed by atoms with Gasteiger partial charge in [-0.1, -0.05) is 29.8 Å². The Morgan fingerprint density at radius 1 is 1.12 bits per heavy atom. The van der Waals surface area contributed by atoms with Gasteiger partial charge in [0.1, 0.15) is 0 Å². The minimum atomic E-state index is 0.617. The topological polar surface area (TPSA) is 43.8 Å². The maximum Gasteiger partial charge on any atom is 0.0883 e. The van der Waals surface area contributed by atoms with Gasteiger partial charge < -0.3 is 5.73 Å². The zero-order valence-electron chi connectivity index (χ0n) is 8.97. The molecule has 0 bridgehead atoms. The Kier molecular flexibility index (Phi) is 2.27. The molecule has 0 aliphatic heterocycles. The largest absolute Gasteiger partial charge is 0.397 e. The van der Waals surface area contributed by atoms with E-state index >= 15 is 0 Å². The van der Waals surface area contributed by atoms with Crippen molar-refractivity contribution in [1.29, 1.82) is 0 Å². The number of benzene rings is 2. The van der Waals surface area contributed by atoms with Crippen molar-refractivity contribution in [2.24, 2.45) is 0 Å². The number of hydrogen-bond acceptors (Lipinski definition) is 2. The van der Waals surface area contributed by atoms with Gasteiger partial charge in [-0.15, -0.1) is 0 Å². The fourth-order valence-corrected chi connectivity index (χ4v) is 2.06. The van der Waals surface area contributed by atoms with Crippen LogP contribution in [0.25, 0.3) is 16.6 Å². The lowest BCUT2D eigenvalue weighted by Gasteiger charge is -2.07. The zero-order chi connectivity index (χ0) is 11.8. The predicted molar refractivity (Wildman–Crippen MR) is 70.5 cm³/mol. The van der Waals surface area contributed by atoms with Crippen molar-refractivity contribution in [3.05, 3.63) is 53.7 Å². The number of para-hydroxylation sites is 1. The van der Waals surface area contributed by atoms with Crippen molar-refractivity contribution in [2.45, 2.75) is 0 Å². The lowest BCUT2D eigenvalue weighted by atomic mass is 10.2. The summed E-state index contributed by atoms with van der Waals surface area (Å²) in [7, 11) is 0. The lowest BCUT2D eigenvalue weighted by molar-refractivity contribution is 0.913. The summed E-state index contributed by atoms with van der Waals surface area (Å²) in [5, 5.41) is 6.06. The molecule has 2 aromatic carbocycles. The highest BCUT2D eigenvalue weighted by atomic mass is 35.5. The van der Waals surface area contributed by atoms with E-state index in [2.05, 4.69) is 5.10 Å². The second-order valence-corrected chi connectivity index (χ2v) is 4.25. The normalized spacial score (nSPS) is 10.9. The van der Waals surface area contributed by atoms with Gasteiger partial charge >= 0.3 is 0 Å². The van der Waals surface area contributed by atoms with E-state index in [1.807, 2.05) is 47.3 Å². The van der Waals surface area contributed by atoms with Crippen LogP contribution in [0.3, 0.4) is 0 Å². The Morgan fingerprint density at radius 2 is 1.94 bits per heavy atom. The quantitative estimate of drug-likeness (QED) is 0.667. The van der Waals surface area contributed by atoms with Crippen LogP contribution in [0.4, 0.5) is 5.69 Å². The third kappa shape index (κ3) is 1.65. The molecule has 0 unspecified atom stereocenters. The fraction of sp³-hybridized carbons (Fsp3) is 0. The summed E-state index contributed by atoms with van der Waals surface area (Å²) >= 11 is 5.89. The maximum atomic E-state index is 5.96. The van der Waals surface area contributed by atoms with Crippen molar-refractivity contribution < 1.29 is 0 Å². The number of nitrogens with two attached hydrogens (primary N) is 1. The summed E-state index contributed by atoms with van der Waals surface area (Å²) in [6.07, 6.45) is 1.82. The van der Waals surface area contributed by atoms with Gasteiger partial charge in [0, 0.05) is 10.4 Å². The van der Waals surface area contributed by atoms with Gasteiger partial charge in [0.25, 0.3) is 0 Å². The molecule has 1 aromatic heterocycles. The highest BCUT2D eigenvalue weighted by Gasteiger charge is 2.07. The van der Waals surface area contributed by atoms with E-state index in [1.54, 1.807) is 6.07 Å². The Balaban J connectivity index is 2.27. The minimum Gasteiger partial charge on any atom is -0.397 e. The van der Waals surface area contributed by atoms with E-state index in [1.165, 1.54) is 0 Å². The highest BCUT2D eigenvalue weighted by molar-refractivity contribution is 6.30. The first-order chi connectivity index (χ1) is 8.25. The SMILES string of the molecule is Nc1cc(Cl)ccc1-n1ncc2ccccc21. The monoisotopic (exact) mass is 243 g/mol. The van der Waals surface area contributed by atoms with Crippen LogP contribution in [-0.4, -0.2) is 9.78 Å². The molecule has 1 heterocycles. The number of halogens is 1. The Morgan fingerprint density at radius 3 is 2.76 bits per heavy atom. The van der Waals surface area contributed by atoms with Crippen LogP contribution in [0.15, 0.2) is 48.7 Å². The van der Waals surface area contributed by atoms with Crippen LogP contribution in [0.5, 0.6) is 0 Å². The van der Waals surface area contributed by atoms with Gasteiger partial charge in [-0.05, 0) is 24.3 Å². The second-order valence-electron chi connectivity index (χ2n) is 3.82. The number of nitrogens with zero attached hydrogens (tertiary/aromatic N) is 2. The molecule has 17 heavy (non-hydrogen) atoms. The molecule has 3 aromatic rings. The molecule has 4 heteroatoms. The third-order valence-electron chi connectivity index (χ3n) is 2.69. The van der Waals surface area contributed by atoms with E-state index in [0.29, 0.717) is 10.7 Å². The minimum absolute atomic E-state index is 0.617. The lowest BCUT2D eigenvalue weighted by Crippen LogP contribution is -2.00. The molecular weight excluding hydrogens is 234 g/mol. The average Bonchev–Trinajstić information content (AvgIpc) is 2.73. The number of rotatable bonds is 1. The molecule has 0 fully saturated rings. The van der Waals surface area contributed by atoms with E-state index in [9.17, 15) is 0 Å². The van der Waals surface area contributed by atoms with Crippen molar-refractivity contribution >= 4 is 28.2 Å². The van der Waals surface area contributed by atoms with Crippen LogP contribution in [0.2, 0.25) is 5.02 Å². The van der Waals surface area contributed by atoms with Gasteiger partial charge in [0.15, 0.2) is 0 Å². The molecule has 3 rings (SSSR count). The number of anilines is 1. The first-order valence-electron chi connectivity index (χ1n) is 5.24. The molecule has 0 atom stereocenters. The van der Waals surface area contributed by atoms with Crippen molar-refractivity contribution in [3.63, 3.8) is 0 Å². The smallest absolute Gasteiger partial charge is 0.0883 e. The van der Waals surface area contributed by atoms with Gasteiger partial charge in [0.2, 0.25) is 0 Å². The second kappa shape index (κ2) is 3.79. The Labute approximate surface area is 103 Å². The van der Waals surface area contributed by atoms with Gasteiger partial charge in [-0.25, -0.2) is 4.68 Å². The number of fused-ring (bicyclic) bond motifs is 1. The number of hydrogen-bond donors (Lipinski definition) is 1.